The van der Waals surface area contributed by atoms with E-state index >= 15 is 0 Å². The quantitative estimate of drug-likeness (QED) is 0.205. The van der Waals surface area contributed by atoms with Crippen LogP contribution in [0, 0.1) is 11.3 Å². The van der Waals surface area contributed by atoms with Crippen molar-refractivity contribution in [1.82, 2.24) is 0 Å². The first-order chi connectivity index (χ1) is 13.0. The molecule has 0 unspecified atom stereocenters. The van der Waals surface area contributed by atoms with E-state index in [-0.39, 0.29) is 11.4 Å². The van der Waals surface area contributed by atoms with Gasteiger partial charge in [-0.1, -0.05) is 11.6 Å². The highest BCUT2D eigenvalue weighted by atomic mass is 35.5. The Morgan fingerprint density at radius 3 is 2.14 bits per heavy atom. The van der Waals surface area contributed by atoms with Crippen LogP contribution in [0.1, 0.15) is 11.1 Å². The lowest BCUT2D eigenvalue weighted by molar-refractivity contribution is -0.138. The van der Waals surface area contributed by atoms with Gasteiger partial charge in [-0.15, -0.1) is 15.3 Å². The van der Waals surface area contributed by atoms with Crippen LogP contribution in [0.5, 0.6) is 0 Å². The molecule has 0 radical (unpaired) electrons. The molecule has 0 aliphatic heterocycles. The molecule has 0 aliphatic carbocycles. The van der Waals surface area contributed by atoms with E-state index in [4.69, 9.17) is 16.9 Å². The van der Waals surface area contributed by atoms with E-state index < -0.39 is 34.3 Å². The second-order valence-electron chi connectivity index (χ2n) is 5.10. The summed E-state index contributed by atoms with van der Waals surface area (Å²) in [6, 6.07) is 8.06. The molecule has 0 atom stereocenters. The number of hydrogen-bond donors (Lipinski definition) is 1. The second-order valence-corrected chi connectivity index (χ2v) is 5.50. The van der Waals surface area contributed by atoms with E-state index in [1.165, 1.54) is 6.07 Å². The highest BCUT2D eigenvalue weighted by Gasteiger charge is 2.33. The molecule has 5 nitrogen and oxygen atoms in total. The molecule has 0 aliphatic rings. The van der Waals surface area contributed by atoms with Crippen LogP contribution in [-0.4, -0.2) is 5.84 Å². The molecule has 2 aromatic rings. The molecule has 12 heteroatoms. The number of nitrogens with one attached hydrogen (secondary N) is 1. The van der Waals surface area contributed by atoms with E-state index in [9.17, 15) is 26.3 Å². The fraction of sp³-hybridized carbons (Fsp3) is 0.125. The van der Waals surface area contributed by atoms with E-state index in [1.807, 2.05) is 0 Å². The number of anilines is 1. The average Bonchev–Trinajstić information content (AvgIpc) is 2.61. The summed E-state index contributed by atoms with van der Waals surface area (Å²) >= 11 is 5.48. The maximum absolute atomic E-state index is 12.8. The van der Waals surface area contributed by atoms with Crippen molar-refractivity contribution in [1.29, 1.82) is 5.26 Å². The number of alkyl halides is 6. The fourth-order valence-electron chi connectivity index (χ4n) is 1.82. The first-order valence-corrected chi connectivity index (χ1v) is 7.58. The van der Waals surface area contributed by atoms with E-state index in [2.05, 4.69) is 20.8 Å². The number of amidine groups is 1. The Kier molecular flexibility index (Phi) is 6.25. The number of nitriles is 1. The highest BCUT2D eigenvalue weighted by molar-refractivity contribution is 6.31. The van der Waals surface area contributed by atoms with Gasteiger partial charge in [0.05, 0.1) is 27.5 Å². The van der Waals surface area contributed by atoms with Crippen molar-refractivity contribution in [3.8, 4) is 6.07 Å². The van der Waals surface area contributed by atoms with Gasteiger partial charge in [0.25, 0.3) is 5.84 Å². The molecule has 2 aromatic carbocycles. The molecule has 2 rings (SSSR count). The van der Waals surface area contributed by atoms with Crippen LogP contribution in [0.2, 0.25) is 5.02 Å². The number of benzene rings is 2. The number of azo groups is 1. The zero-order valence-corrected chi connectivity index (χ0v) is 14.2. The van der Waals surface area contributed by atoms with Crippen molar-refractivity contribution < 1.29 is 26.3 Å². The Bertz CT molecular complexity index is 942. The molecule has 0 fully saturated rings. The Hall–Kier alpha value is -3.13. The van der Waals surface area contributed by atoms with Crippen LogP contribution in [0.15, 0.2) is 57.8 Å². The zero-order chi connectivity index (χ0) is 20.9. The standard InChI is InChI=1S/C16H8ClF6N5/c17-13-6-5-11(7-12(13)16(21,22)23)26-28-14(8-24)27-25-10-3-1-9(2-4-10)15(18,19)20/h1-7,25H. The summed E-state index contributed by atoms with van der Waals surface area (Å²) in [7, 11) is 0. The van der Waals surface area contributed by atoms with Crippen LogP contribution >= 0.6 is 11.6 Å². The minimum Gasteiger partial charge on any atom is -0.276 e. The van der Waals surface area contributed by atoms with Gasteiger partial charge < -0.3 is 0 Å². The topological polar surface area (TPSA) is 72.9 Å². The summed E-state index contributed by atoms with van der Waals surface area (Å²) in [4.78, 5) is 0. The summed E-state index contributed by atoms with van der Waals surface area (Å²) in [5.41, 5.74) is 0.206. The van der Waals surface area contributed by atoms with Gasteiger partial charge in [-0.2, -0.15) is 31.6 Å². The third kappa shape index (κ3) is 5.68. The molecule has 0 spiro atoms. The lowest BCUT2D eigenvalue weighted by Crippen LogP contribution is -2.05. The highest BCUT2D eigenvalue weighted by Crippen LogP contribution is 2.36. The first-order valence-electron chi connectivity index (χ1n) is 7.20. The average molecular weight is 420 g/mol. The number of hydrogen-bond acceptors (Lipinski definition) is 4. The van der Waals surface area contributed by atoms with Gasteiger partial charge in [-0.25, -0.2) is 0 Å². The smallest absolute Gasteiger partial charge is 0.276 e. The Balaban J connectivity index is 2.15. The molecule has 0 bridgehead atoms. The van der Waals surface area contributed by atoms with Gasteiger partial charge in [0.2, 0.25) is 0 Å². The molecule has 0 saturated heterocycles. The molecule has 1 N–H and O–H groups in total. The third-order valence-electron chi connectivity index (χ3n) is 3.12. The van der Waals surface area contributed by atoms with Crippen molar-refractivity contribution in [2.45, 2.75) is 12.4 Å². The lowest BCUT2D eigenvalue weighted by Gasteiger charge is -2.08. The minimum absolute atomic E-state index is 0.127. The SMILES string of the molecule is N#CC(N=Nc1ccc(Cl)c(C(F)(F)F)c1)=NNc1ccc(C(F)(F)F)cc1. The van der Waals surface area contributed by atoms with Gasteiger partial charge in [0.15, 0.2) is 0 Å². The van der Waals surface area contributed by atoms with Gasteiger partial charge >= 0.3 is 12.4 Å². The van der Waals surface area contributed by atoms with Crippen molar-refractivity contribution >= 4 is 28.8 Å². The van der Waals surface area contributed by atoms with Crippen molar-refractivity contribution in [3.63, 3.8) is 0 Å². The largest absolute Gasteiger partial charge is 0.417 e. The normalized spacial score (nSPS) is 12.9. The first kappa shape index (κ1) is 21.2. The van der Waals surface area contributed by atoms with Gasteiger partial charge in [-0.05, 0) is 42.5 Å². The van der Waals surface area contributed by atoms with Crippen LogP contribution in [0.4, 0.5) is 37.7 Å². The maximum Gasteiger partial charge on any atom is 0.417 e. The Labute approximate surface area is 158 Å². The van der Waals surface area contributed by atoms with E-state index in [1.54, 1.807) is 0 Å². The Morgan fingerprint density at radius 2 is 1.61 bits per heavy atom. The second kappa shape index (κ2) is 8.26. The van der Waals surface area contributed by atoms with Crippen LogP contribution < -0.4 is 5.43 Å². The zero-order valence-electron chi connectivity index (χ0n) is 13.5. The predicted octanol–water partition coefficient (Wildman–Crippen LogP) is 6.41. The fourth-order valence-corrected chi connectivity index (χ4v) is 2.04. The maximum atomic E-state index is 12.8. The molecule has 0 saturated carbocycles. The minimum atomic E-state index is -4.70. The predicted molar refractivity (Wildman–Crippen MR) is 89.1 cm³/mol. The van der Waals surface area contributed by atoms with Gasteiger partial charge in [-0.3, -0.25) is 5.43 Å². The summed E-state index contributed by atoms with van der Waals surface area (Å²) in [6.07, 6.45) is -9.19. The summed E-state index contributed by atoms with van der Waals surface area (Å²) in [6.45, 7) is 0. The molecule has 28 heavy (non-hydrogen) atoms. The van der Waals surface area contributed by atoms with Crippen LogP contribution in [0.25, 0.3) is 0 Å². The molecular formula is C16H8ClF6N5. The van der Waals surface area contributed by atoms with Gasteiger partial charge in [0, 0.05) is 0 Å². The third-order valence-corrected chi connectivity index (χ3v) is 3.45. The number of halogens is 7. The lowest BCUT2D eigenvalue weighted by atomic mass is 10.2. The van der Waals surface area contributed by atoms with E-state index in [0.717, 1.165) is 36.4 Å². The summed E-state index contributed by atoms with van der Waals surface area (Å²) < 4.78 is 75.8. The van der Waals surface area contributed by atoms with Crippen molar-refractivity contribution in [2.75, 3.05) is 5.43 Å². The monoisotopic (exact) mass is 419 g/mol. The molecule has 0 amide bonds. The number of hydrazone groups is 1. The van der Waals surface area contributed by atoms with Crippen molar-refractivity contribution in [2.24, 2.45) is 15.3 Å². The molecule has 0 heterocycles. The van der Waals surface area contributed by atoms with Gasteiger partial charge in [0.1, 0.15) is 6.07 Å². The molecular weight excluding hydrogens is 412 g/mol. The van der Waals surface area contributed by atoms with Crippen LogP contribution in [0.3, 0.4) is 0 Å². The molecule has 146 valence electrons. The Morgan fingerprint density at radius 1 is 0.964 bits per heavy atom. The van der Waals surface area contributed by atoms with Crippen molar-refractivity contribution in [3.05, 3.63) is 58.6 Å². The summed E-state index contributed by atoms with van der Waals surface area (Å²) in [5, 5.41) is 18.8. The summed E-state index contributed by atoms with van der Waals surface area (Å²) in [5.74, 6) is -0.566. The number of nitrogens with zero attached hydrogens (tertiary/aromatic N) is 4. The molecule has 0 aromatic heterocycles. The van der Waals surface area contributed by atoms with E-state index in [0.29, 0.717) is 6.07 Å². The number of rotatable bonds is 3. The van der Waals surface area contributed by atoms with Crippen LogP contribution in [-0.2, 0) is 12.4 Å².